The summed E-state index contributed by atoms with van der Waals surface area (Å²) in [6, 6.07) is 17.2. The van der Waals surface area contributed by atoms with E-state index in [4.69, 9.17) is 0 Å². The summed E-state index contributed by atoms with van der Waals surface area (Å²) in [4.78, 5) is 15.6. The topological polar surface area (TPSA) is 32.3 Å². The van der Waals surface area contributed by atoms with Gasteiger partial charge in [-0.3, -0.25) is 4.79 Å². The van der Waals surface area contributed by atoms with Gasteiger partial charge in [0.15, 0.2) is 0 Å². The molecular formula is C26H30N2O. The minimum atomic E-state index is 0.171. The first-order valence-electron chi connectivity index (χ1n) is 10.6. The summed E-state index contributed by atoms with van der Waals surface area (Å²) in [7, 11) is 1.97. The zero-order chi connectivity index (χ0) is 20.4. The van der Waals surface area contributed by atoms with Gasteiger partial charge in [0.25, 0.3) is 5.91 Å². The molecule has 3 nitrogen and oxygen atoms in total. The summed E-state index contributed by atoms with van der Waals surface area (Å²) in [6.45, 7) is 6.11. The number of benzene rings is 2. The zero-order valence-corrected chi connectivity index (χ0v) is 17.4. The normalized spacial score (nSPS) is 19.0. The molecule has 2 aromatic carbocycles. The van der Waals surface area contributed by atoms with E-state index in [0.29, 0.717) is 6.04 Å². The van der Waals surface area contributed by atoms with Crippen molar-refractivity contribution in [1.82, 2.24) is 10.2 Å². The van der Waals surface area contributed by atoms with Gasteiger partial charge in [-0.05, 0) is 73.4 Å². The van der Waals surface area contributed by atoms with Crippen molar-refractivity contribution in [3.63, 3.8) is 0 Å². The maximum atomic E-state index is 13.5. The third-order valence-electron chi connectivity index (χ3n) is 6.27. The van der Waals surface area contributed by atoms with Crippen LogP contribution in [0.5, 0.6) is 0 Å². The molecule has 1 atom stereocenters. The summed E-state index contributed by atoms with van der Waals surface area (Å²) in [5.74, 6) is 0.171. The number of nitrogens with one attached hydrogen (secondary N) is 1. The van der Waals surface area contributed by atoms with Gasteiger partial charge in [0.1, 0.15) is 0 Å². The molecule has 1 amide bonds. The molecule has 0 aromatic heterocycles. The number of carbonyl (C=O) groups excluding carboxylic acids is 1. The van der Waals surface area contributed by atoms with Crippen molar-refractivity contribution in [2.24, 2.45) is 0 Å². The molecule has 2 aliphatic rings. The Balaban J connectivity index is 1.56. The Labute approximate surface area is 174 Å². The lowest BCUT2D eigenvalue weighted by Crippen LogP contribution is -2.43. The Hall–Kier alpha value is -2.81. The Morgan fingerprint density at radius 1 is 1.07 bits per heavy atom. The van der Waals surface area contributed by atoms with Crippen LogP contribution in [-0.4, -0.2) is 29.9 Å². The van der Waals surface area contributed by atoms with Crippen LogP contribution >= 0.6 is 0 Å². The first-order valence-corrected chi connectivity index (χ1v) is 10.6. The van der Waals surface area contributed by atoms with Crippen LogP contribution in [0.3, 0.4) is 0 Å². The van der Waals surface area contributed by atoms with E-state index in [1.807, 2.05) is 25.3 Å². The van der Waals surface area contributed by atoms with Gasteiger partial charge < -0.3 is 10.2 Å². The van der Waals surface area contributed by atoms with Crippen LogP contribution in [0, 0.1) is 6.92 Å². The maximum Gasteiger partial charge on any atom is 0.254 e. The SMILES string of the molecule is C=CC1=C(NC)CCC(N(C(=O)c2ccc(-c3ccccc3C)cc2)C2CC2)C1. The molecule has 0 aliphatic heterocycles. The molecule has 0 heterocycles. The molecule has 150 valence electrons. The Bertz CT molecular complexity index is 937. The maximum absolute atomic E-state index is 13.5. The van der Waals surface area contributed by atoms with Gasteiger partial charge in [0.2, 0.25) is 0 Å². The number of hydrogen-bond acceptors (Lipinski definition) is 2. The average Bonchev–Trinajstić information content (AvgIpc) is 3.59. The van der Waals surface area contributed by atoms with Crippen molar-refractivity contribution in [2.45, 2.75) is 51.1 Å². The monoisotopic (exact) mass is 386 g/mol. The van der Waals surface area contributed by atoms with Crippen LogP contribution in [0.1, 0.15) is 48.0 Å². The summed E-state index contributed by atoms with van der Waals surface area (Å²) in [5.41, 5.74) is 6.93. The molecule has 1 saturated carbocycles. The fraction of sp³-hybridized carbons (Fsp3) is 0.346. The number of carbonyl (C=O) groups is 1. The van der Waals surface area contributed by atoms with E-state index in [0.717, 1.165) is 43.2 Å². The van der Waals surface area contributed by atoms with Gasteiger partial charge >= 0.3 is 0 Å². The fourth-order valence-corrected chi connectivity index (χ4v) is 4.50. The lowest BCUT2D eigenvalue weighted by atomic mass is 9.90. The second-order valence-corrected chi connectivity index (χ2v) is 8.19. The lowest BCUT2D eigenvalue weighted by molar-refractivity contribution is 0.0643. The minimum Gasteiger partial charge on any atom is -0.391 e. The highest BCUT2D eigenvalue weighted by molar-refractivity contribution is 5.95. The van der Waals surface area contributed by atoms with Crippen molar-refractivity contribution < 1.29 is 4.79 Å². The second kappa shape index (κ2) is 8.28. The molecule has 0 spiro atoms. The number of nitrogens with zero attached hydrogens (tertiary/aromatic N) is 1. The van der Waals surface area contributed by atoms with Crippen LogP contribution in [0.15, 0.2) is 72.5 Å². The van der Waals surface area contributed by atoms with Crippen LogP contribution in [-0.2, 0) is 0 Å². The van der Waals surface area contributed by atoms with E-state index < -0.39 is 0 Å². The van der Waals surface area contributed by atoms with Gasteiger partial charge in [-0.15, -0.1) is 0 Å². The molecule has 2 aliphatic carbocycles. The van der Waals surface area contributed by atoms with Crippen LogP contribution in [0.2, 0.25) is 0 Å². The number of amides is 1. The van der Waals surface area contributed by atoms with Crippen LogP contribution in [0.4, 0.5) is 0 Å². The summed E-state index contributed by atoms with van der Waals surface area (Å²) < 4.78 is 0. The Kier molecular flexibility index (Phi) is 5.57. The van der Waals surface area contributed by atoms with E-state index in [2.05, 4.69) is 60.1 Å². The number of aryl methyl sites for hydroxylation is 1. The number of allylic oxidation sites excluding steroid dienone is 2. The number of hydrogen-bond donors (Lipinski definition) is 1. The van der Waals surface area contributed by atoms with Gasteiger partial charge in [-0.1, -0.05) is 49.1 Å². The lowest BCUT2D eigenvalue weighted by Gasteiger charge is -2.36. The predicted octanol–water partition coefficient (Wildman–Crippen LogP) is 5.48. The van der Waals surface area contributed by atoms with Crippen molar-refractivity contribution in [3.05, 3.63) is 83.6 Å². The quantitative estimate of drug-likeness (QED) is 0.713. The molecule has 4 rings (SSSR count). The van der Waals surface area contributed by atoms with Crippen molar-refractivity contribution >= 4 is 5.91 Å². The molecule has 3 heteroatoms. The van der Waals surface area contributed by atoms with E-state index in [1.165, 1.54) is 22.4 Å². The molecule has 1 unspecified atom stereocenters. The summed E-state index contributed by atoms with van der Waals surface area (Å²) in [5, 5.41) is 3.30. The first-order chi connectivity index (χ1) is 14.1. The van der Waals surface area contributed by atoms with Crippen LogP contribution in [0.25, 0.3) is 11.1 Å². The highest BCUT2D eigenvalue weighted by Crippen LogP contribution is 2.36. The molecule has 0 saturated heterocycles. The minimum absolute atomic E-state index is 0.171. The molecule has 0 radical (unpaired) electrons. The third-order valence-corrected chi connectivity index (χ3v) is 6.27. The molecule has 0 bridgehead atoms. The fourth-order valence-electron chi connectivity index (χ4n) is 4.50. The molecule has 1 fully saturated rings. The van der Waals surface area contributed by atoms with E-state index in [1.54, 1.807) is 0 Å². The van der Waals surface area contributed by atoms with Gasteiger partial charge in [-0.2, -0.15) is 0 Å². The summed E-state index contributed by atoms with van der Waals surface area (Å²) >= 11 is 0. The van der Waals surface area contributed by atoms with Crippen molar-refractivity contribution in [1.29, 1.82) is 0 Å². The third kappa shape index (κ3) is 4.00. The smallest absolute Gasteiger partial charge is 0.254 e. The van der Waals surface area contributed by atoms with Gasteiger partial charge in [0, 0.05) is 30.4 Å². The van der Waals surface area contributed by atoms with Crippen LogP contribution < -0.4 is 5.32 Å². The Morgan fingerprint density at radius 2 is 1.79 bits per heavy atom. The van der Waals surface area contributed by atoms with E-state index >= 15 is 0 Å². The highest BCUT2D eigenvalue weighted by atomic mass is 16.2. The standard InChI is InChI=1S/C26H30N2O/c1-4-19-17-23(15-16-25(19)27-3)28(22-13-14-22)26(29)21-11-9-20(10-12-21)24-8-6-5-7-18(24)2/h4-12,22-23,27H,1,13-17H2,2-3H3. The van der Waals surface area contributed by atoms with Crippen molar-refractivity contribution in [3.8, 4) is 11.1 Å². The predicted molar refractivity (Wildman–Crippen MR) is 120 cm³/mol. The largest absolute Gasteiger partial charge is 0.391 e. The van der Waals surface area contributed by atoms with E-state index in [-0.39, 0.29) is 11.9 Å². The second-order valence-electron chi connectivity index (χ2n) is 8.19. The molecule has 1 N–H and O–H groups in total. The summed E-state index contributed by atoms with van der Waals surface area (Å²) in [6.07, 6.45) is 7.07. The van der Waals surface area contributed by atoms with E-state index in [9.17, 15) is 4.79 Å². The van der Waals surface area contributed by atoms with Gasteiger partial charge in [-0.25, -0.2) is 0 Å². The highest BCUT2D eigenvalue weighted by Gasteiger charge is 2.39. The molecule has 2 aromatic rings. The van der Waals surface area contributed by atoms with Gasteiger partial charge in [0.05, 0.1) is 0 Å². The Morgan fingerprint density at radius 3 is 2.41 bits per heavy atom. The average molecular weight is 387 g/mol. The number of rotatable bonds is 6. The zero-order valence-electron chi connectivity index (χ0n) is 17.4. The first kappa shape index (κ1) is 19.5. The molecule has 29 heavy (non-hydrogen) atoms. The van der Waals surface area contributed by atoms with Crippen molar-refractivity contribution in [2.75, 3.05) is 7.05 Å². The molecular weight excluding hydrogens is 356 g/mol.